The number of nitrogens with zero attached hydrogens (tertiary/aromatic N) is 2. The average Bonchev–Trinajstić information content (AvgIpc) is 2.74. The molecule has 2 amide bonds. The number of carbonyl (C=O) groups excluding carboxylic acids is 2. The summed E-state index contributed by atoms with van der Waals surface area (Å²) >= 11 is 0. The molecular formula is C26H36FN3O4S. The number of nitrogens with one attached hydrogen (secondary N) is 1. The summed E-state index contributed by atoms with van der Waals surface area (Å²) in [4.78, 5) is 27.4. The molecule has 0 saturated heterocycles. The van der Waals surface area contributed by atoms with E-state index in [2.05, 4.69) is 5.32 Å². The van der Waals surface area contributed by atoms with Crippen molar-refractivity contribution >= 4 is 27.5 Å². The molecule has 192 valence electrons. The van der Waals surface area contributed by atoms with Crippen LogP contribution < -0.4 is 9.62 Å². The number of amides is 2. The molecule has 2 aromatic rings. The molecule has 0 aliphatic heterocycles. The molecule has 7 nitrogen and oxygen atoms in total. The predicted octanol–water partition coefficient (Wildman–Crippen LogP) is 4.01. The third-order valence-corrected chi connectivity index (χ3v) is 6.63. The van der Waals surface area contributed by atoms with Crippen LogP contribution in [0.2, 0.25) is 0 Å². The molecule has 9 heteroatoms. The zero-order valence-electron chi connectivity index (χ0n) is 21.3. The Kier molecular flexibility index (Phi) is 9.43. The van der Waals surface area contributed by atoms with Gasteiger partial charge >= 0.3 is 0 Å². The fraction of sp³-hybridized carbons (Fsp3) is 0.462. The summed E-state index contributed by atoms with van der Waals surface area (Å²) in [7, 11) is -3.56. The summed E-state index contributed by atoms with van der Waals surface area (Å²) in [5.74, 6) is -1.17. The van der Waals surface area contributed by atoms with E-state index < -0.39 is 27.4 Å². The number of sulfonamides is 1. The maximum Gasteiger partial charge on any atom is 0.242 e. The van der Waals surface area contributed by atoms with Crippen LogP contribution in [-0.4, -0.2) is 49.5 Å². The van der Waals surface area contributed by atoms with Crippen molar-refractivity contribution in [3.05, 3.63) is 65.5 Å². The van der Waals surface area contributed by atoms with E-state index in [1.807, 2.05) is 39.8 Å². The molecule has 0 aliphatic carbocycles. The lowest BCUT2D eigenvalue weighted by molar-refractivity contribution is -0.141. The zero-order valence-corrected chi connectivity index (χ0v) is 22.2. The minimum absolute atomic E-state index is 0.000524. The molecule has 2 aromatic carbocycles. The number of anilines is 1. The molecule has 35 heavy (non-hydrogen) atoms. The Labute approximate surface area is 208 Å². The van der Waals surface area contributed by atoms with Gasteiger partial charge in [-0.25, -0.2) is 12.8 Å². The highest BCUT2D eigenvalue weighted by molar-refractivity contribution is 7.92. The van der Waals surface area contributed by atoms with Gasteiger partial charge in [-0.05, 0) is 59.2 Å². The first-order valence-corrected chi connectivity index (χ1v) is 13.4. The van der Waals surface area contributed by atoms with Gasteiger partial charge in [0.15, 0.2) is 0 Å². The quantitative estimate of drug-likeness (QED) is 0.529. The van der Waals surface area contributed by atoms with Gasteiger partial charge in [0, 0.05) is 30.6 Å². The first-order chi connectivity index (χ1) is 16.2. The molecule has 0 radical (unpaired) electrons. The lowest BCUT2D eigenvalue weighted by Gasteiger charge is -2.32. The molecule has 0 aliphatic rings. The first-order valence-electron chi connectivity index (χ1n) is 11.6. The third-order valence-electron chi connectivity index (χ3n) is 5.44. The summed E-state index contributed by atoms with van der Waals surface area (Å²) in [6, 6.07) is 12.4. The number of hydrogen-bond acceptors (Lipinski definition) is 4. The van der Waals surface area contributed by atoms with Crippen LogP contribution >= 0.6 is 0 Å². The van der Waals surface area contributed by atoms with Crippen LogP contribution in [0.3, 0.4) is 0 Å². The molecule has 0 aromatic heterocycles. The molecule has 0 bridgehead atoms. The molecule has 0 heterocycles. The smallest absolute Gasteiger partial charge is 0.242 e. The normalized spacial score (nSPS) is 12.7. The van der Waals surface area contributed by atoms with Crippen LogP contribution in [0, 0.1) is 12.7 Å². The predicted molar refractivity (Wildman–Crippen MR) is 137 cm³/mol. The number of hydrogen-bond donors (Lipinski definition) is 1. The van der Waals surface area contributed by atoms with E-state index in [4.69, 9.17) is 0 Å². The van der Waals surface area contributed by atoms with E-state index in [1.54, 1.807) is 37.3 Å². The van der Waals surface area contributed by atoms with Crippen LogP contribution in [0.25, 0.3) is 0 Å². The second kappa shape index (κ2) is 11.7. The zero-order chi connectivity index (χ0) is 26.4. The molecular weight excluding hydrogens is 469 g/mol. The van der Waals surface area contributed by atoms with E-state index in [1.165, 1.54) is 15.3 Å². The van der Waals surface area contributed by atoms with Crippen molar-refractivity contribution in [2.45, 2.75) is 65.6 Å². The van der Waals surface area contributed by atoms with Crippen LogP contribution in [0.5, 0.6) is 0 Å². The summed E-state index contributed by atoms with van der Waals surface area (Å²) in [6.07, 6.45) is 1.36. The van der Waals surface area contributed by atoms with Crippen molar-refractivity contribution in [2.24, 2.45) is 0 Å². The van der Waals surface area contributed by atoms with Crippen LogP contribution in [0.15, 0.2) is 48.5 Å². The van der Waals surface area contributed by atoms with Gasteiger partial charge in [0.05, 0.1) is 11.9 Å². The molecule has 0 fully saturated rings. The van der Waals surface area contributed by atoms with Gasteiger partial charge in [0.25, 0.3) is 0 Å². The van der Waals surface area contributed by atoms with E-state index in [0.29, 0.717) is 11.3 Å². The molecule has 1 N–H and O–H groups in total. The van der Waals surface area contributed by atoms with E-state index in [-0.39, 0.29) is 37.7 Å². The van der Waals surface area contributed by atoms with Crippen molar-refractivity contribution in [3.63, 3.8) is 0 Å². The molecule has 2 rings (SSSR count). The fourth-order valence-electron chi connectivity index (χ4n) is 3.58. The van der Waals surface area contributed by atoms with E-state index in [9.17, 15) is 22.4 Å². The summed E-state index contributed by atoms with van der Waals surface area (Å²) in [5, 5.41) is 2.86. The lowest BCUT2D eigenvalue weighted by Crippen LogP contribution is -2.52. The third kappa shape index (κ3) is 8.65. The highest BCUT2D eigenvalue weighted by Gasteiger charge is 2.29. The van der Waals surface area contributed by atoms with Crippen molar-refractivity contribution in [1.82, 2.24) is 10.2 Å². The minimum Gasteiger partial charge on any atom is -0.350 e. The summed E-state index contributed by atoms with van der Waals surface area (Å²) in [5.41, 5.74) is 1.33. The summed E-state index contributed by atoms with van der Waals surface area (Å²) in [6.45, 7) is 9.06. The Morgan fingerprint density at radius 2 is 1.66 bits per heavy atom. The second-order valence-electron chi connectivity index (χ2n) is 9.80. The largest absolute Gasteiger partial charge is 0.350 e. The highest BCUT2D eigenvalue weighted by Crippen LogP contribution is 2.20. The average molecular weight is 506 g/mol. The summed E-state index contributed by atoms with van der Waals surface area (Å²) < 4.78 is 40.3. The van der Waals surface area contributed by atoms with Crippen LogP contribution in [0.1, 0.15) is 51.7 Å². The maximum absolute atomic E-state index is 14.3. The van der Waals surface area contributed by atoms with Crippen LogP contribution in [-0.2, 0) is 26.2 Å². The second-order valence-corrected chi connectivity index (χ2v) is 11.7. The molecule has 0 saturated carbocycles. The molecule has 1 atom stereocenters. The lowest BCUT2D eigenvalue weighted by atomic mass is 10.1. The number of halogens is 1. The van der Waals surface area contributed by atoms with Gasteiger partial charge in [0.2, 0.25) is 21.8 Å². The Hall–Kier alpha value is -2.94. The van der Waals surface area contributed by atoms with Crippen molar-refractivity contribution < 1.29 is 22.4 Å². The Morgan fingerprint density at radius 3 is 2.20 bits per heavy atom. The Morgan fingerprint density at radius 1 is 1.06 bits per heavy atom. The Bertz CT molecular complexity index is 1130. The van der Waals surface area contributed by atoms with Gasteiger partial charge < -0.3 is 10.2 Å². The van der Waals surface area contributed by atoms with Gasteiger partial charge in [-0.2, -0.15) is 0 Å². The van der Waals surface area contributed by atoms with Gasteiger partial charge in [-0.3, -0.25) is 13.9 Å². The fourth-order valence-corrected chi connectivity index (χ4v) is 4.55. The van der Waals surface area contributed by atoms with E-state index in [0.717, 1.165) is 11.8 Å². The van der Waals surface area contributed by atoms with Crippen LogP contribution in [0.4, 0.5) is 10.1 Å². The molecule has 1 unspecified atom stereocenters. The monoisotopic (exact) mass is 505 g/mol. The van der Waals surface area contributed by atoms with Crippen molar-refractivity contribution in [1.29, 1.82) is 0 Å². The number of rotatable bonds is 10. The first kappa shape index (κ1) is 28.3. The van der Waals surface area contributed by atoms with Gasteiger partial charge in [-0.15, -0.1) is 0 Å². The molecule has 0 spiro atoms. The van der Waals surface area contributed by atoms with Crippen molar-refractivity contribution in [2.75, 3.05) is 17.1 Å². The van der Waals surface area contributed by atoms with Crippen molar-refractivity contribution in [3.8, 4) is 0 Å². The number of benzene rings is 2. The topological polar surface area (TPSA) is 86.8 Å². The maximum atomic E-state index is 14.3. The standard InChI is InChI=1S/C26H36FN3O4S/c1-19-13-15-22(16-14-19)30(35(6,33)34)17-9-12-24(31)29(18-21-10-7-8-11-23(21)27)20(2)25(32)28-26(3,4)5/h7-8,10-11,13-16,20H,9,12,17-18H2,1-6H3,(H,28,32). The van der Waals surface area contributed by atoms with E-state index >= 15 is 0 Å². The highest BCUT2D eigenvalue weighted by atomic mass is 32.2. The number of carbonyl (C=O) groups is 2. The number of aryl methyl sites for hydroxylation is 1. The van der Waals surface area contributed by atoms with Gasteiger partial charge in [-0.1, -0.05) is 35.9 Å². The minimum atomic E-state index is -3.56. The Balaban J connectivity index is 2.19. The SMILES string of the molecule is Cc1ccc(N(CCCC(=O)N(Cc2ccccc2F)C(C)C(=O)NC(C)(C)C)S(C)(=O)=O)cc1. The van der Waals surface area contributed by atoms with Gasteiger partial charge in [0.1, 0.15) is 11.9 Å².